The Balaban J connectivity index is 0.000000165. The highest BCUT2D eigenvalue weighted by molar-refractivity contribution is 6.29. The van der Waals surface area contributed by atoms with E-state index in [4.69, 9.17) is 89.6 Å². The molecule has 23 heteroatoms. The number of nitrogens with two attached hydrogens (primary N) is 3. The summed E-state index contributed by atoms with van der Waals surface area (Å²) in [6, 6.07) is 5.07. The fraction of sp³-hybridized carbons (Fsp3) is 0.415. The first-order valence-corrected chi connectivity index (χ1v) is 19.9. The predicted molar refractivity (Wildman–Crippen MR) is 239 cm³/mol. The van der Waals surface area contributed by atoms with Crippen molar-refractivity contribution < 1.29 is 43.9 Å². The van der Waals surface area contributed by atoms with Crippen LogP contribution >= 0.6 is 34.8 Å². The molecule has 0 aromatic carbocycles. The number of aromatic nitrogens is 9. The van der Waals surface area contributed by atoms with Gasteiger partial charge in [-0.05, 0) is 59.4 Å². The van der Waals surface area contributed by atoms with E-state index in [1.54, 1.807) is 57.4 Å². The van der Waals surface area contributed by atoms with Gasteiger partial charge >= 0.3 is 0 Å². The first-order valence-electron chi connectivity index (χ1n) is 20.2. The average molecular weight is 943 g/mol. The molecule has 20 nitrogen and oxygen atoms in total. The monoisotopic (exact) mass is 941 g/mol. The lowest BCUT2D eigenvalue weighted by molar-refractivity contribution is -0.0890. The lowest BCUT2D eigenvalue weighted by Gasteiger charge is -2.24. The van der Waals surface area contributed by atoms with Crippen LogP contribution in [-0.2, 0) is 14.2 Å². The second-order valence-corrected chi connectivity index (χ2v) is 15.3. The summed E-state index contributed by atoms with van der Waals surface area (Å²) in [5, 5.41) is 51.3. The van der Waals surface area contributed by atoms with Crippen molar-refractivity contribution >= 4 is 85.4 Å². The van der Waals surface area contributed by atoms with Crippen molar-refractivity contribution in [3.63, 3.8) is 0 Å². The molecule has 0 amide bonds. The molecule has 11 N–H and O–H groups in total. The van der Waals surface area contributed by atoms with Crippen LogP contribution in [0.1, 0.15) is 62.8 Å². The van der Waals surface area contributed by atoms with Gasteiger partial charge in [0.15, 0.2) is 16.8 Å². The molecular formula is C41H45Cl3N12O8. The van der Waals surface area contributed by atoms with Crippen molar-refractivity contribution in [2.24, 2.45) is 0 Å². The van der Waals surface area contributed by atoms with Gasteiger partial charge in [0.1, 0.15) is 65.2 Å². The molecule has 0 radical (unpaired) electrons. The van der Waals surface area contributed by atoms with Crippen molar-refractivity contribution in [2.45, 2.75) is 93.8 Å². The lowest BCUT2D eigenvalue weighted by atomic mass is 9.95. The molecule has 9 rings (SSSR count). The molecule has 0 saturated carbocycles. The van der Waals surface area contributed by atoms with Crippen LogP contribution in [0.3, 0.4) is 0 Å². The maximum atomic E-state index is 10.4. The van der Waals surface area contributed by atoms with Gasteiger partial charge in [0.25, 0.3) is 0 Å². The van der Waals surface area contributed by atoms with E-state index in [1.165, 1.54) is 0 Å². The van der Waals surface area contributed by atoms with Crippen LogP contribution in [0.15, 0.2) is 36.8 Å². The number of fused-ring (bicyclic) bond motifs is 3. The maximum Gasteiger partial charge on any atom is 0.226 e. The standard InChI is InChI=1S/C14H15ClN4O2.2C13H13ClN4O3.CH4/c1-3-14(4-2)9(20)7-10(21-14)19-6-5-8-11(16)17-13(15)18-12(8)19;2*1-2-13(6-19)8(20)5-9(21-13)18-4-3-7-10(15)16-12(14)17-11(7)18;/h1,5-6,9-10,20H,4,7H2,2H3,(H2,16,17,18);2*1,3-4,8-9,19-20H,5-6H2,(H2,15,16,17);1H4/t9?,10?,14-;8-,9+,13+;8-,9-,13-;/m101./s1/i9D;2*8D;. The molecule has 2 unspecified atom stereocenters. The highest BCUT2D eigenvalue weighted by Gasteiger charge is 2.49. The minimum absolute atomic E-state index is 0. The topological polar surface area (TPSA) is 299 Å². The van der Waals surface area contributed by atoms with Gasteiger partial charge in [-0.2, -0.15) is 15.0 Å². The largest absolute Gasteiger partial charge is 0.392 e. The van der Waals surface area contributed by atoms with Gasteiger partial charge in [-0.25, -0.2) is 15.0 Å². The Labute approximate surface area is 385 Å². The van der Waals surface area contributed by atoms with Crippen LogP contribution < -0.4 is 17.2 Å². The van der Waals surface area contributed by atoms with E-state index >= 15 is 0 Å². The third-order valence-electron chi connectivity index (χ3n) is 10.8. The van der Waals surface area contributed by atoms with Gasteiger partial charge in [-0.1, -0.05) is 32.1 Å². The van der Waals surface area contributed by atoms with E-state index in [9.17, 15) is 25.5 Å². The summed E-state index contributed by atoms with van der Waals surface area (Å²) in [6.45, 7) is 0.403. The summed E-state index contributed by atoms with van der Waals surface area (Å²) in [4.78, 5) is 23.9. The van der Waals surface area contributed by atoms with Gasteiger partial charge in [0.05, 0.1) is 39.6 Å². The van der Waals surface area contributed by atoms with E-state index in [0.29, 0.717) is 39.5 Å². The van der Waals surface area contributed by atoms with Crippen molar-refractivity contribution in [2.75, 3.05) is 30.4 Å². The zero-order valence-corrected chi connectivity index (χ0v) is 35.3. The first kappa shape index (κ1) is 43.7. The van der Waals surface area contributed by atoms with Gasteiger partial charge in [-0.3, -0.25) is 0 Å². The summed E-state index contributed by atoms with van der Waals surface area (Å²) in [5.74, 6) is 7.44. The third kappa shape index (κ3) is 8.33. The Morgan fingerprint density at radius 3 is 1.14 bits per heavy atom. The molecule has 64 heavy (non-hydrogen) atoms. The Kier molecular flexibility index (Phi) is 12.7. The summed E-state index contributed by atoms with van der Waals surface area (Å²) in [5.41, 5.74) is 13.7. The molecule has 0 aliphatic carbocycles. The van der Waals surface area contributed by atoms with Crippen LogP contribution in [0.4, 0.5) is 17.5 Å². The number of hydrogen-bond donors (Lipinski definition) is 8. The molecule has 9 heterocycles. The Bertz CT molecular complexity index is 2670. The number of anilines is 3. The van der Waals surface area contributed by atoms with Crippen molar-refractivity contribution in [1.82, 2.24) is 43.6 Å². The molecule has 3 aliphatic rings. The Morgan fingerprint density at radius 2 is 0.906 bits per heavy atom. The number of rotatable bonds is 6. The van der Waals surface area contributed by atoms with Crippen molar-refractivity contribution in [1.29, 1.82) is 0 Å². The van der Waals surface area contributed by atoms with Crippen molar-refractivity contribution in [3.05, 3.63) is 52.6 Å². The first-order chi connectivity index (χ1) is 31.0. The number of nitrogen functional groups attached to an aromatic ring is 3. The summed E-state index contributed by atoms with van der Waals surface area (Å²) >= 11 is 17.5. The quantitative estimate of drug-likeness (QED) is 0.0879. The van der Waals surface area contributed by atoms with Crippen LogP contribution in [0, 0.1) is 37.0 Å². The van der Waals surface area contributed by atoms with Crippen LogP contribution in [0.5, 0.6) is 0 Å². The van der Waals surface area contributed by atoms with E-state index in [2.05, 4.69) is 47.7 Å². The number of nitrogens with zero attached hydrogens (tertiary/aromatic N) is 9. The van der Waals surface area contributed by atoms with Gasteiger partial charge in [-0.15, -0.1) is 19.3 Å². The number of aliphatic hydroxyl groups excluding tert-OH is 2. The highest BCUT2D eigenvalue weighted by Crippen LogP contribution is 2.42. The molecule has 0 bridgehead atoms. The van der Waals surface area contributed by atoms with E-state index in [0.717, 1.165) is 0 Å². The van der Waals surface area contributed by atoms with Crippen LogP contribution in [0.25, 0.3) is 33.1 Å². The average Bonchev–Trinajstić information content (AvgIpc) is 4.10. The minimum Gasteiger partial charge on any atom is -0.392 e. The number of halogens is 3. The molecule has 0 spiro atoms. The zero-order chi connectivity index (χ0) is 48.4. The number of aliphatic hydroxyl groups is 5. The SMILES string of the molecule is C.[2H]C1(O)CC(n2ccc3c(N)nc(Cl)nc32)O[C@]1(C#C)CC.[2H][C@@]1(O)C[C@H](n2ccc3c(N)nc(Cl)nc32)O[C@]1(C#C)CO.[2H][C@]1(O)C[C@H](n2ccc3c(N)nc(Cl)nc32)O[C@]1(C#C)CO. The molecule has 6 aromatic rings. The van der Waals surface area contributed by atoms with E-state index < -0.39 is 66.9 Å². The fourth-order valence-electron chi connectivity index (χ4n) is 7.36. The minimum atomic E-state index is -2.14. The second-order valence-electron chi connectivity index (χ2n) is 14.3. The summed E-state index contributed by atoms with van der Waals surface area (Å²) < 4.78 is 45.8. The molecular weight excluding hydrogens is 895 g/mol. The molecule has 9 atom stereocenters. The highest BCUT2D eigenvalue weighted by atomic mass is 35.5. The van der Waals surface area contributed by atoms with Gasteiger partial charge in [0, 0.05) is 37.9 Å². The smallest absolute Gasteiger partial charge is 0.226 e. The number of hydrogen-bond acceptors (Lipinski definition) is 17. The predicted octanol–water partition coefficient (Wildman–Crippen LogP) is 2.99. The molecule has 338 valence electrons. The van der Waals surface area contributed by atoms with Gasteiger partial charge in [0.2, 0.25) is 15.9 Å². The lowest BCUT2D eigenvalue weighted by Crippen LogP contribution is -2.41. The van der Waals surface area contributed by atoms with Gasteiger partial charge < -0.3 is 70.6 Å². The normalized spacial score (nSPS) is 32.5. The molecule has 3 aliphatic heterocycles. The maximum absolute atomic E-state index is 10.4. The van der Waals surface area contributed by atoms with E-state index in [-0.39, 0.29) is 60.0 Å². The molecule has 6 aromatic heterocycles. The Morgan fingerprint density at radius 1 is 0.625 bits per heavy atom. The fourth-order valence-corrected chi connectivity index (χ4v) is 7.87. The van der Waals surface area contributed by atoms with Crippen LogP contribution in [-0.4, -0.2) is 117 Å². The van der Waals surface area contributed by atoms with Crippen LogP contribution in [0.2, 0.25) is 15.9 Å². The summed E-state index contributed by atoms with van der Waals surface area (Å²) in [6.07, 6.45) is 12.8. The van der Waals surface area contributed by atoms with E-state index in [1.807, 2.05) is 0 Å². The third-order valence-corrected chi connectivity index (χ3v) is 11.3. The molecule has 3 fully saturated rings. The molecule has 3 saturated heterocycles. The zero-order valence-electron chi connectivity index (χ0n) is 36.0. The van der Waals surface area contributed by atoms with Crippen molar-refractivity contribution in [3.8, 4) is 37.0 Å². The summed E-state index contributed by atoms with van der Waals surface area (Å²) in [7, 11) is 0. The second kappa shape index (κ2) is 18.5. The number of ether oxygens (including phenoxy) is 3. The Hall–Kier alpha value is -5.51. The number of terminal acetylenes is 3.